The molecule has 0 radical (unpaired) electrons. The second kappa shape index (κ2) is 4.19. The third-order valence-corrected chi connectivity index (χ3v) is 2.07. The number of carbonyl (C=O) groups is 1. The van der Waals surface area contributed by atoms with Gasteiger partial charge in [0.25, 0.3) is 5.91 Å². The number of nitrogens with two attached hydrogens (primary N) is 2. The van der Waals surface area contributed by atoms with Crippen LogP contribution in [0.1, 0.15) is 17.3 Å². The Morgan fingerprint density at radius 1 is 1.57 bits per heavy atom. The van der Waals surface area contributed by atoms with Crippen LogP contribution in [-0.2, 0) is 0 Å². The molecule has 0 fully saturated rings. The van der Waals surface area contributed by atoms with E-state index in [2.05, 4.69) is 0 Å². The smallest absolute Gasteiger partial charge is 0.252 e. The Balaban J connectivity index is 3.29. The Labute approximate surface area is 86.8 Å². The quantitative estimate of drug-likeness (QED) is 0.747. The molecule has 1 aromatic rings. The summed E-state index contributed by atoms with van der Waals surface area (Å²) in [5, 5.41) is 0.225. The molecule has 0 heterocycles. The molecule has 76 valence electrons. The summed E-state index contributed by atoms with van der Waals surface area (Å²) < 4.78 is 5.20. The SMILES string of the molecule is CCOc1c(C(N)=O)ccc(N)c1Cl. The molecule has 0 aromatic heterocycles. The lowest BCUT2D eigenvalue weighted by molar-refractivity contribution is 0.0996. The maximum Gasteiger partial charge on any atom is 0.252 e. The Kier molecular flexibility index (Phi) is 3.19. The fourth-order valence-corrected chi connectivity index (χ4v) is 1.27. The van der Waals surface area contributed by atoms with E-state index in [0.29, 0.717) is 12.3 Å². The van der Waals surface area contributed by atoms with Gasteiger partial charge >= 0.3 is 0 Å². The normalized spacial score (nSPS) is 9.86. The van der Waals surface area contributed by atoms with Crippen molar-refractivity contribution in [1.29, 1.82) is 0 Å². The molecule has 4 nitrogen and oxygen atoms in total. The number of rotatable bonds is 3. The van der Waals surface area contributed by atoms with E-state index in [0.717, 1.165) is 0 Å². The highest BCUT2D eigenvalue weighted by molar-refractivity contribution is 6.35. The maximum absolute atomic E-state index is 11.0. The summed E-state index contributed by atoms with van der Waals surface area (Å²) in [6, 6.07) is 3.01. The van der Waals surface area contributed by atoms with E-state index in [-0.39, 0.29) is 16.3 Å². The first-order valence-corrected chi connectivity index (χ1v) is 4.46. The Hall–Kier alpha value is -1.42. The van der Waals surface area contributed by atoms with E-state index in [1.54, 1.807) is 6.92 Å². The summed E-state index contributed by atoms with van der Waals surface area (Å²) in [5.41, 5.74) is 11.3. The average Bonchev–Trinajstić information content (AvgIpc) is 2.13. The summed E-state index contributed by atoms with van der Waals surface area (Å²) in [5.74, 6) is -0.336. The first kappa shape index (κ1) is 10.7. The summed E-state index contributed by atoms with van der Waals surface area (Å²) in [4.78, 5) is 11.0. The molecule has 1 aromatic carbocycles. The van der Waals surface area contributed by atoms with Crippen LogP contribution in [0.15, 0.2) is 12.1 Å². The zero-order valence-electron chi connectivity index (χ0n) is 7.71. The lowest BCUT2D eigenvalue weighted by Crippen LogP contribution is -2.13. The van der Waals surface area contributed by atoms with Crippen LogP contribution in [0.2, 0.25) is 5.02 Å². The van der Waals surface area contributed by atoms with Crippen LogP contribution in [0.3, 0.4) is 0 Å². The fraction of sp³-hybridized carbons (Fsp3) is 0.222. The lowest BCUT2D eigenvalue weighted by Gasteiger charge is -2.10. The molecule has 0 aliphatic carbocycles. The van der Waals surface area contributed by atoms with Crippen LogP contribution in [0.4, 0.5) is 5.69 Å². The van der Waals surface area contributed by atoms with Gasteiger partial charge in [-0.25, -0.2) is 0 Å². The largest absolute Gasteiger partial charge is 0.491 e. The fourth-order valence-electron chi connectivity index (χ4n) is 1.05. The van der Waals surface area contributed by atoms with Crippen molar-refractivity contribution in [2.24, 2.45) is 5.73 Å². The Morgan fingerprint density at radius 3 is 2.71 bits per heavy atom. The van der Waals surface area contributed by atoms with E-state index in [1.165, 1.54) is 12.1 Å². The number of benzene rings is 1. The number of nitrogen functional groups attached to an aromatic ring is 1. The van der Waals surface area contributed by atoms with Gasteiger partial charge in [-0.15, -0.1) is 0 Å². The van der Waals surface area contributed by atoms with Gasteiger partial charge in [0.05, 0.1) is 17.9 Å². The first-order chi connectivity index (χ1) is 6.57. The van der Waals surface area contributed by atoms with Crippen LogP contribution in [-0.4, -0.2) is 12.5 Å². The number of anilines is 1. The van der Waals surface area contributed by atoms with Crippen molar-refractivity contribution in [2.45, 2.75) is 6.92 Å². The average molecular weight is 215 g/mol. The minimum Gasteiger partial charge on any atom is -0.491 e. The summed E-state index contributed by atoms with van der Waals surface area (Å²) >= 11 is 5.86. The van der Waals surface area contributed by atoms with Crippen molar-refractivity contribution >= 4 is 23.2 Å². The molecule has 0 bridgehead atoms. The van der Waals surface area contributed by atoms with Gasteiger partial charge in [-0.2, -0.15) is 0 Å². The number of hydrogen-bond donors (Lipinski definition) is 2. The third kappa shape index (κ3) is 1.90. The standard InChI is InChI=1S/C9H11ClN2O2/c1-2-14-8-5(9(12)13)3-4-6(11)7(8)10/h3-4H,2,11H2,1H3,(H2,12,13). The van der Waals surface area contributed by atoms with Gasteiger partial charge in [0.2, 0.25) is 0 Å². The van der Waals surface area contributed by atoms with Gasteiger partial charge in [-0.05, 0) is 19.1 Å². The molecule has 1 rings (SSSR count). The molecule has 14 heavy (non-hydrogen) atoms. The highest BCUT2D eigenvalue weighted by Crippen LogP contribution is 2.33. The maximum atomic E-state index is 11.0. The predicted molar refractivity (Wildman–Crippen MR) is 55.6 cm³/mol. The van der Waals surface area contributed by atoms with Gasteiger partial charge in [0.15, 0.2) is 5.75 Å². The van der Waals surface area contributed by atoms with Crippen molar-refractivity contribution < 1.29 is 9.53 Å². The number of primary amides is 1. The van der Waals surface area contributed by atoms with Crippen molar-refractivity contribution in [3.63, 3.8) is 0 Å². The third-order valence-electron chi connectivity index (χ3n) is 1.68. The minimum absolute atomic E-state index is 0.225. The molecule has 4 N–H and O–H groups in total. The van der Waals surface area contributed by atoms with Crippen LogP contribution in [0.5, 0.6) is 5.75 Å². The zero-order valence-corrected chi connectivity index (χ0v) is 8.47. The van der Waals surface area contributed by atoms with Gasteiger partial charge in [-0.1, -0.05) is 11.6 Å². The van der Waals surface area contributed by atoms with Gasteiger partial charge < -0.3 is 16.2 Å². The van der Waals surface area contributed by atoms with Crippen molar-refractivity contribution in [2.75, 3.05) is 12.3 Å². The van der Waals surface area contributed by atoms with Crippen LogP contribution in [0.25, 0.3) is 0 Å². The summed E-state index contributed by atoms with van der Waals surface area (Å²) in [6.07, 6.45) is 0. The molecule has 0 saturated heterocycles. The van der Waals surface area contributed by atoms with Crippen molar-refractivity contribution in [3.05, 3.63) is 22.7 Å². The second-order valence-corrected chi connectivity index (χ2v) is 3.02. The lowest BCUT2D eigenvalue weighted by atomic mass is 10.1. The van der Waals surface area contributed by atoms with Crippen LogP contribution >= 0.6 is 11.6 Å². The molecule has 0 atom stereocenters. The van der Waals surface area contributed by atoms with Crippen molar-refractivity contribution in [3.8, 4) is 5.75 Å². The zero-order chi connectivity index (χ0) is 10.7. The number of hydrogen-bond acceptors (Lipinski definition) is 3. The first-order valence-electron chi connectivity index (χ1n) is 4.08. The molecule has 0 spiro atoms. The molecule has 0 aliphatic heterocycles. The van der Waals surface area contributed by atoms with Crippen LogP contribution < -0.4 is 16.2 Å². The monoisotopic (exact) mass is 214 g/mol. The van der Waals surface area contributed by atoms with E-state index in [1.807, 2.05) is 0 Å². The molecular formula is C9H11ClN2O2. The Bertz CT molecular complexity index is 366. The Morgan fingerprint density at radius 2 is 2.21 bits per heavy atom. The molecule has 0 saturated carbocycles. The number of amides is 1. The van der Waals surface area contributed by atoms with Gasteiger partial charge in [0.1, 0.15) is 5.02 Å². The molecule has 0 unspecified atom stereocenters. The van der Waals surface area contributed by atoms with Crippen LogP contribution in [0, 0.1) is 0 Å². The second-order valence-electron chi connectivity index (χ2n) is 2.64. The summed E-state index contributed by atoms with van der Waals surface area (Å²) in [6.45, 7) is 2.17. The van der Waals surface area contributed by atoms with E-state index >= 15 is 0 Å². The molecular weight excluding hydrogens is 204 g/mol. The van der Waals surface area contributed by atoms with Gasteiger partial charge in [-0.3, -0.25) is 4.79 Å². The highest BCUT2D eigenvalue weighted by Gasteiger charge is 2.14. The van der Waals surface area contributed by atoms with E-state index < -0.39 is 5.91 Å². The number of halogens is 1. The molecule has 1 amide bonds. The topological polar surface area (TPSA) is 78.3 Å². The molecule has 5 heteroatoms. The number of carbonyl (C=O) groups excluding carboxylic acids is 1. The van der Waals surface area contributed by atoms with E-state index in [9.17, 15) is 4.79 Å². The number of ether oxygens (including phenoxy) is 1. The van der Waals surface area contributed by atoms with E-state index in [4.69, 9.17) is 27.8 Å². The van der Waals surface area contributed by atoms with Gasteiger partial charge in [0, 0.05) is 0 Å². The molecule has 0 aliphatic rings. The predicted octanol–water partition coefficient (Wildman–Crippen LogP) is 1.42. The van der Waals surface area contributed by atoms with Crippen molar-refractivity contribution in [1.82, 2.24) is 0 Å². The summed E-state index contributed by atoms with van der Waals surface area (Å²) in [7, 11) is 0. The minimum atomic E-state index is -0.588. The highest BCUT2D eigenvalue weighted by atomic mass is 35.5.